The molecule has 0 aliphatic carbocycles. The summed E-state index contributed by atoms with van der Waals surface area (Å²) in [5, 5.41) is 6.28. The van der Waals surface area contributed by atoms with E-state index in [-0.39, 0.29) is 18.0 Å². The fourth-order valence-corrected chi connectivity index (χ4v) is 2.10. The molecule has 0 bridgehead atoms. The molecule has 1 aromatic carbocycles. The first-order valence-corrected chi connectivity index (χ1v) is 7.15. The Labute approximate surface area is 125 Å². The van der Waals surface area contributed by atoms with Crippen molar-refractivity contribution in [3.8, 4) is 0 Å². The lowest BCUT2D eigenvalue weighted by Crippen LogP contribution is -2.28. The molecule has 0 saturated carbocycles. The number of hydrogen-bond donors (Lipinski definition) is 2. The highest BCUT2D eigenvalue weighted by molar-refractivity contribution is 5.99. The predicted molar refractivity (Wildman–Crippen MR) is 85.3 cm³/mol. The molecule has 4 heteroatoms. The summed E-state index contributed by atoms with van der Waals surface area (Å²) in [6.07, 6.45) is 1.73. The molecule has 1 amide bonds. The standard InChI is InChI=1S/C17H21N3O/c1-12(2)19-16-10-5-4-8-14(16)17(21)20-13(3)15-9-6-7-11-18-15/h4-13,19H,1-3H3,(H,20,21)/t13-/m1/s1. The van der Waals surface area contributed by atoms with E-state index in [9.17, 15) is 4.79 Å². The number of para-hydroxylation sites is 1. The minimum atomic E-state index is -0.134. The zero-order valence-corrected chi connectivity index (χ0v) is 12.6. The molecule has 2 N–H and O–H groups in total. The van der Waals surface area contributed by atoms with Gasteiger partial charge in [-0.3, -0.25) is 9.78 Å². The van der Waals surface area contributed by atoms with Gasteiger partial charge in [0.25, 0.3) is 5.91 Å². The van der Waals surface area contributed by atoms with E-state index in [0.717, 1.165) is 11.4 Å². The maximum absolute atomic E-state index is 12.5. The third-order valence-electron chi connectivity index (χ3n) is 3.09. The molecule has 1 atom stereocenters. The van der Waals surface area contributed by atoms with Gasteiger partial charge in [-0.25, -0.2) is 0 Å². The number of pyridine rings is 1. The van der Waals surface area contributed by atoms with Gasteiger partial charge in [0.15, 0.2) is 0 Å². The van der Waals surface area contributed by atoms with E-state index in [1.807, 2.05) is 63.2 Å². The molecule has 0 fully saturated rings. The van der Waals surface area contributed by atoms with Crippen LogP contribution in [0.4, 0.5) is 5.69 Å². The molecule has 0 aliphatic heterocycles. The van der Waals surface area contributed by atoms with E-state index in [1.54, 1.807) is 6.20 Å². The number of carbonyl (C=O) groups is 1. The van der Waals surface area contributed by atoms with Gasteiger partial charge in [-0.15, -0.1) is 0 Å². The van der Waals surface area contributed by atoms with E-state index < -0.39 is 0 Å². The van der Waals surface area contributed by atoms with Crippen molar-refractivity contribution in [2.75, 3.05) is 5.32 Å². The Morgan fingerprint density at radius 3 is 2.43 bits per heavy atom. The van der Waals surface area contributed by atoms with Crippen LogP contribution in [0, 0.1) is 0 Å². The topological polar surface area (TPSA) is 54.0 Å². The van der Waals surface area contributed by atoms with Crippen molar-refractivity contribution in [2.45, 2.75) is 32.9 Å². The first-order chi connectivity index (χ1) is 10.1. The number of benzene rings is 1. The van der Waals surface area contributed by atoms with Crippen LogP contribution in [0.5, 0.6) is 0 Å². The fourth-order valence-electron chi connectivity index (χ4n) is 2.10. The fraction of sp³-hybridized carbons (Fsp3) is 0.294. The highest BCUT2D eigenvalue weighted by Crippen LogP contribution is 2.17. The van der Waals surface area contributed by atoms with Gasteiger partial charge in [-0.05, 0) is 45.0 Å². The van der Waals surface area contributed by atoms with Crippen molar-refractivity contribution in [3.63, 3.8) is 0 Å². The number of nitrogens with zero attached hydrogens (tertiary/aromatic N) is 1. The summed E-state index contributed by atoms with van der Waals surface area (Å²) >= 11 is 0. The molecule has 4 nitrogen and oxygen atoms in total. The van der Waals surface area contributed by atoms with Crippen LogP contribution in [0.1, 0.15) is 42.9 Å². The smallest absolute Gasteiger partial charge is 0.253 e. The summed E-state index contributed by atoms with van der Waals surface area (Å²) in [4.78, 5) is 16.7. The first-order valence-electron chi connectivity index (χ1n) is 7.15. The lowest BCUT2D eigenvalue weighted by molar-refractivity contribution is 0.0940. The van der Waals surface area contributed by atoms with E-state index in [4.69, 9.17) is 0 Å². The van der Waals surface area contributed by atoms with Crippen molar-refractivity contribution in [2.24, 2.45) is 0 Å². The maximum Gasteiger partial charge on any atom is 0.253 e. The Morgan fingerprint density at radius 1 is 1.05 bits per heavy atom. The Morgan fingerprint density at radius 2 is 1.76 bits per heavy atom. The molecule has 21 heavy (non-hydrogen) atoms. The molecule has 0 saturated heterocycles. The number of hydrogen-bond acceptors (Lipinski definition) is 3. The molecule has 2 aromatic rings. The summed E-state index contributed by atoms with van der Waals surface area (Å²) in [7, 11) is 0. The van der Waals surface area contributed by atoms with Crippen molar-refractivity contribution >= 4 is 11.6 Å². The second-order valence-electron chi connectivity index (χ2n) is 5.29. The largest absolute Gasteiger partial charge is 0.382 e. The lowest BCUT2D eigenvalue weighted by Gasteiger charge is -2.17. The van der Waals surface area contributed by atoms with Gasteiger partial charge in [0.2, 0.25) is 0 Å². The Hall–Kier alpha value is -2.36. The Kier molecular flexibility index (Phi) is 4.93. The van der Waals surface area contributed by atoms with Gasteiger partial charge in [0.1, 0.15) is 0 Å². The second kappa shape index (κ2) is 6.88. The van der Waals surface area contributed by atoms with E-state index in [2.05, 4.69) is 15.6 Å². The van der Waals surface area contributed by atoms with Gasteiger partial charge >= 0.3 is 0 Å². The molecular weight excluding hydrogens is 262 g/mol. The highest BCUT2D eigenvalue weighted by atomic mass is 16.1. The van der Waals surface area contributed by atoms with Gasteiger partial charge < -0.3 is 10.6 Å². The average Bonchev–Trinajstić information content (AvgIpc) is 2.48. The number of rotatable bonds is 5. The van der Waals surface area contributed by atoms with Crippen LogP contribution in [0.25, 0.3) is 0 Å². The molecule has 0 unspecified atom stereocenters. The molecule has 1 heterocycles. The van der Waals surface area contributed by atoms with Crippen LogP contribution in [0.3, 0.4) is 0 Å². The van der Waals surface area contributed by atoms with Gasteiger partial charge in [0.05, 0.1) is 17.3 Å². The summed E-state index contributed by atoms with van der Waals surface area (Å²) in [6, 6.07) is 13.3. The van der Waals surface area contributed by atoms with Crippen LogP contribution >= 0.6 is 0 Å². The molecule has 0 spiro atoms. The van der Waals surface area contributed by atoms with E-state index >= 15 is 0 Å². The van der Waals surface area contributed by atoms with Crippen molar-refractivity contribution < 1.29 is 4.79 Å². The third kappa shape index (κ3) is 4.05. The Balaban J connectivity index is 2.14. The monoisotopic (exact) mass is 283 g/mol. The number of aromatic nitrogens is 1. The van der Waals surface area contributed by atoms with Crippen LogP contribution in [-0.4, -0.2) is 16.9 Å². The molecule has 0 aliphatic rings. The summed E-state index contributed by atoms with van der Waals surface area (Å²) in [5.41, 5.74) is 2.34. The molecule has 1 aromatic heterocycles. The van der Waals surface area contributed by atoms with Gasteiger partial charge in [-0.1, -0.05) is 18.2 Å². The second-order valence-corrected chi connectivity index (χ2v) is 5.29. The number of carbonyl (C=O) groups excluding carboxylic acids is 1. The normalized spacial score (nSPS) is 12.0. The van der Waals surface area contributed by atoms with Crippen LogP contribution in [-0.2, 0) is 0 Å². The summed E-state index contributed by atoms with van der Waals surface area (Å²) in [6.45, 7) is 6.02. The van der Waals surface area contributed by atoms with Crippen molar-refractivity contribution in [1.29, 1.82) is 0 Å². The van der Waals surface area contributed by atoms with Crippen molar-refractivity contribution in [3.05, 3.63) is 59.9 Å². The summed E-state index contributed by atoms with van der Waals surface area (Å²) < 4.78 is 0. The molecular formula is C17H21N3O. The maximum atomic E-state index is 12.5. The van der Waals surface area contributed by atoms with E-state index in [0.29, 0.717) is 5.56 Å². The van der Waals surface area contributed by atoms with Crippen LogP contribution < -0.4 is 10.6 Å². The lowest BCUT2D eigenvalue weighted by atomic mass is 10.1. The zero-order valence-electron chi connectivity index (χ0n) is 12.6. The molecule has 2 rings (SSSR count). The SMILES string of the molecule is CC(C)Nc1ccccc1C(=O)N[C@H](C)c1ccccn1. The van der Waals surface area contributed by atoms with E-state index in [1.165, 1.54) is 0 Å². The van der Waals surface area contributed by atoms with Gasteiger partial charge in [-0.2, -0.15) is 0 Å². The van der Waals surface area contributed by atoms with Gasteiger partial charge in [0, 0.05) is 17.9 Å². The summed E-state index contributed by atoms with van der Waals surface area (Å²) in [5.74, 6) is -0.100. The minimum absolute atomic E-state index is 0.100. The average molecular weight is 283 g/mol. The quantitative estimate of drug-likeness (QED) is 0.884. The van der Waals surface area contributed by atoms with Crippen LogP contribution in [0.15, 0.2) is 48.7 Å². The first kappa shape index (κ1) is 15.0. The number of anilines is 1. The minimum Gasteiger partial charge on any atom is -0.382 e. The zero-order chi connectivity index (χ0) is 15.2. The van der Waals surface area contributed by atoms with Crippen LogP contribution in [0.2, 0.25) is 0 Å². The highest BCUT2D eigenvalue weighted by Gasteiger charge is 2.15. The molecule has 110 valence electrons. The van der Waals surface area contributed by atoms with Crippen molar-refractivity contribution in [1.82, 2.24) is 10.3 Å². The predicted octanol–water partition coefficient (Wildman–Crippen LogP) is 3.39. The Bertz CT molecular complexity index is 596. The third-order valence-corrected chi connectivity index (χ3v) is 3.09. The molecule has 0 radical (unpaired) electrons. The number of nitrogens with one attached hydrogen (secondary N) is 2. The number of amides is 1.